The van der Waals surface area contributed by atoms with Crippen LogP contribution in [0.15, 0.2) is 17.2 Å². The van der Waals surface area contributed by atoms with E-state index >= 15 is 0 Å². The van der Waals surface area contributed by atoms with Gasteiger partial charge < -0.3 is 9.62 Å². The Hall–Kier alpha value is -1.86. The van der Waals surface area contributed by atoms with Crippen molar-refractivity contribution in [2.24, 2.45) is 0 Å². The van der Waals surface area contributed by atoms with Crippen molar-refractivity contribution in [3.05, 3.63) is 34.4 Å². The molecular formula is C19H22F2N4S. The lowest BCUT2D eigenvalue weighted by atomic mass is 10.1. The molecule has 0 bridgehead atoms. The van der Waals surface area contributed by atoms with Crippen molar-refractivity contribution in [2.75, 3.05) is 36.3 Å². The van der Waals surface area contributed by atoms with Crippen LogP contribution >= 0.6 is 11.9 Å². The molecule has 26 heavy (non-hydrogen) atoms. The molecule has 0 unspecified atom stereocenters. The molecule has 0 spiro atoms. The monoisotopic (exact) mass is 376 g/mol. The number of allylic oxidation sites excluding steroid dienone is 1. The van der Waals surface area contributed by atoms with Crippen LogP contribution in [0.4, 0.5) is 20.2 Å². The number of likely N-dealkylation sites (N-methyl/N-ethyl adjacent to an activating group) is 1. The maximum absolute atomic E-state index is 14.1. The molecule has 138 valence electrons. The van der Waals surface area contributed by atoms with Crippen LogP contribution in [-0.4, -0.2) is 42.6 Å². The predicted molar refractivity (Wildman–Crippen MR) is 105 cm³/mol. The van der Waals surface area contributed by atoms with Crippen LogP contribution in [-0.2, 0) is 0 Å². The molecule has 0 radical (unpaired) electrons. The molecule has 0 aromatic carbocycles. The Kier molecular flexibility index (Phi) is 4.52. The van der Waals surface area contributed by atoms with E-state index in [1.165, 1.54) is 18.0 Å². The van der Waals surface area contributed by atoms with Crippen molar-refractivity contribution in [2.45, 2.75) is 26.3 Å². The molecular weight excluding hydrogens is 354 g/mol. The Bertz CT molecular complexity index is 854. The Balaban J connectivity index is 1.90. The van der Waals surface area contributed by atoms with Crippen molar-refractivity contribution in [1.29, 1.82) is 0 Å². The van der Waals surface area contributed by atoms with Crippen molar-refractivity contribution in [3.63, 3.8) is 0 Å². The molecule has 1 aliphatic carbocycles. The highest BCUT2D eigenvalue weighted by molar-refractivity contribution is 8.04. The number of halogens is 2. The summed E-state index contributed by atoms with van der Waals surface area (Å²) in [5.41, 5.74) is 4.09. The molecule has 3 heterocycles. The standard InChI is InChI=1S/C19H22F2N4S/c1-4-12-10-25(6-5-24(12)3)19-14-7-11(2)26-23-17(14)13-8-15(20)16(21)9-22-18(13)19/h7-9,12,23H,4-6,10H2,1-3H3/t12-/m0/s1. The van der Waals surface area contributed by atoms with Crippen molar-refractivity contribution >= 4 is 29.4 Å². The first-order valence-electron chi connectivity index (χ1n) is 8.86. The topological polar surface area (TPSA) is 31.4 Å². The summed E-state index contributed by atoms with van der Waals surface area (Å²) in [7, 11) is 2.15. The van der Waals surface area contributed by atoms with Gasteiger partial charge in [0.15, 0.2) is 11.6 Å². The van der Waals surface area contributed by atoms with E-state index in [-0.39, 0.29) is 0 Å². The summed E-state index contributed by atoms with van der Waals surface area (Å²) in [6.07, 6.45) is 4.16. The maximum atomic E-state index is 14.1. The zero-order chi connectivity index (χ0) is 18.4. The van der Waals surface area contributed by atoms with Gasteiger partial charge in [0.05, 0.1) is 23.3 Å². The first kappa shape index (κ1) is 17.5. The minimum atomic E-state index is -0.930. The third-order valence-electron chi connectivity index (χ3n) is 5.31. The highest BCUT2D eigenvalue weighted by Crippen LogP contribution is 2.50. The molecule has 0 aromatic heterocycles. The zero-order valence-electron chi connectivity index (χ0n) is 15.1. The maximum Gasteiger partial charge on any atom is 0.177 e. The number of rotatable bonds is 2. The van der Waals surface area contributed by atoms with Crippen LogP contribution in [0.5, 0.6) is 0 Å². The summed E-state index contributed by atoms with van der Waals surface area (Å²) >= 11 is 1.49. The van der Waals surface area contributed by atoms with Gasteiger partial charge in [-0.3, -0.25) is 9.88 Å². The Morgan fingerprint density at radius 2 is 2.12 bits per heavy atom. The van der Waals surface area contributed by atoms with E-state index in [4.69, 9.17) is 0 Å². The molecule has 4 aliphatic rings. The molecule has 4 nitrogen and oxygen atoms in total. The summed E-state index contributed by atoms with van der Waals surface area (Å²) in [4.78, 5) is 10.2. The van der Waals surface area contributed by atoms with Crippen LogP contribution in [0.25, 0.3) is 17.3 Å². The first-order valence-corrected chi connectivity index (χ1v) is 9.68. The molecule has 0 amide bonds. The second-order valence-corrected chi connectivity index (χ2v) is 8.00. The summed E-state index contributed by atoms with van der Waals surface area (Å²) in [6.45, 7) is 6.92. The van der Waals surface area contributed by atoms with Gasteiger partial charge in [0.1, 0.15) is 0 Å². The number of fused-ring (bicyclic) bond motifs is 3. The van der Waals surface area contributed by atoms with E-state index in [1.807, 2.05) is 6.92 Å². The molecule has 0 saturated carbocycles. The van der Waals surface area contributed by atoms with E-state index in [1.54, 1.807) is 0 Å². The first-order chi connectivity index (χ1) is 12.5. The van der Waals surface area contributed by atoms with Crippen molar-refractivity contribution in [3.8, 4) is 11.3 Å². The van der Waals surface area contributed by atoms with Gasteiger partial charge in [0.25, 0.3) is 0 Å². The average Bonchev–Trinajstić information content (AvgIpc) is 2.84. The van der Waals surface area contributed by atoms with Crippen LogP contribution in [0.1, 0.15) is 25.8 Å². The fourth-order valence-corrected chi connectivity index (χ4v) is 4.47. The highest BCUT2D eigenvalue weighted by atomic mass is 32.2. The van der Waals surface area contributed by atoms with Gasteiger partial charge >= 0.3 is 0 Å². The minimum Gasteiger partial charge on any atom is -0.366 e. The van der Waals surface area contributed by atoms with Crippen molar-refractivity contribution in [1.82, 2.24) is 9.88 Å². The highest BCUT2D eigenvalue weighted by Gasteiger charge is 2.32. The van der Waals surface area contributed by atoms with Gasteiger partial charge in [-0.25, -0.2) is 8.78 Å². The summed E-state index contributed by atoms with van der Waals surface area (Å²) in [6, 6.07) is 1.71. The predicted octanol–water partition coefficient (Wildman–Crippen LogP) is 4.43. The third kappa shape index (κ3) is 2.83. The van der Waals surface area contributed by atoms with Crippen LogP contribution in [0, 0.1) is 11.6 Å². The van der Waals surface area contributed by atoms with Crippen LogP contribution in [0.3, 0.4) is 0 Å². The average molecular weight is 376 g/mol. The van der Waals surface area contributed by atoms with E-state index in [0.29, 0.717) is 17.3 Å². The molecule has 1 fully saturated rings. The molecule has 4 rings (SSSR count). The number of aromatic nitrogens is 1. The fraction of sp³-hybridized carbons (Fsp3) is 0.421. The number of piperazine rings is 1. The zero-order valence-corrected chi connectivity index (χ0v) is 16.0. The SMILES string of the molecule is CC[C@H]1CN(c2c3ncc(F)c(F)cc-3c3c2C=C(C)SN3)CCN1C. The van der Waals surface area contributed by atoms with Crippen LogP contribution in [0.2, 0.25) is 0 Å². The van der Waals surface area contributed by atoms with Gasteiger partial charge in [-0.15, -0.1) is 0 Å². The minimum absolute atomic E-state index is 0.450. The van der Waals surface area contributed by atoms with Gasteiger partial charge in [-0.2, -0.15) is 0 Å². The smallest absolute Gasteiger partial charge is 0.177 e. The quantitative estimate of drug-likeness (QED) is 0.784. The number of nitrogens with one attached hydrogen (secondary N) is 1. The Morgan fingerprint density at radius 1 is 1.31 bits per heavy atom. The molecule has 7 heteroatoms. The second-order valence-electron chi connectivity index (χ2n) is 6.95. The lowest BCUT2D eigenvalue weighted by Crippen LogP contribution is -2.51. The lowest BCUT2D eigenvalue weighted by Gasteiger charge is -2.40. The van der Waals surface area contributed by atoms with Gasteiger partial charge in [-0.05, 0) is 44.5 Å². The third-order valence-corrected chi connectivity index (χ3v) is 6.05. The van der Waals surface area contributed by atoms with Crippen molar-refractivity contribution < 1.29 is 8.78 Å². The number of hydrogen-bond donors (Lipinski definition) is 1. The molecule has 1 saturated heterocycles. The van der Waals surface area contributed by atoms with E-state index in [0.717, 1.165) is 54.1 Å². The largest absolute Gasteiger partial charge is 0.366 e. The fourth-order valence-electron chi connectivity index (χ4n) is 3.81. The molecule has 3 aliphatic heterocycles. The Labute approximate surface area is 156 Å². The van der Waals surface area contributed by atoms with Crippen LogP contribution < -0.4 is 9.62 Å². The van der Waals surface area contributed by atoms with Gasteiger partial charge in [-0.1, -0.05) is 6.92 Å². The molecule has 1 atom stereocenters. The van der Waals surface area contributed by atoms with E-state index in [9.17, 15) is 8.78 Å². The number of anilines is 2. The Morgan fingerprint density at radius 3 is 2.88 bits per heavy atom. The van der Waals surface area contributed by atoms with Gasteiger partial charge in [0, 0.05) is 41.7 Å². The number of nitrogens with zero attached hydrogens (tertiary/aromatic N) is 3. The van der Waals surface area contributed by atoms with Gasteiger partial charge in [0.2, 0.25) is 0 Å². The second kappa shape index (κ2) is 6.70. The molecule has 1 N–H and O–H groups in total. The lowest BCUT2D eigenvalue weighted by molar-refractivity contribution is 0.213. The normalized spacial score (nSPS) is 20.7. The summed E-state index contributed by atoms with van der Waals surface area (Å²) in [5, 5.41) is 0. The summed E-state index contributed by atoms with van der Waals surface area (Å²) < 4.78 is 31.1. The molecule has 0 aromatic rings. The van der Waals surface area contributed by atoms with E-state index in [2.05, 4.69) is 39.6 Å². The number of hydrogen-bond acceptors (Lipinski definition) is 5. The van der Waals surface area contributed by atoms with E-state index < -0.39 is 11.6 Å². The summed E-state index contributed by atoms with van der Waals surface area (Å²) in [5.74, 6) is -1.81.